The van der Waals surface area contributed by atoms with Gasteiger partial charge < -0.3 is 19.7 Å². The van der Waals surface area contributed by atoms with E-state index in [0.29, 0.717) is 6.54 Å². The first kappa shape index (κ1) is 21.2. The fourth-order valence-corrected chi connectivity index (χ4v) is 3.06. The van der Waals surface area contributed by atoms with Crippen LogP contribution in [0, 0.1) is 0 Å². The molecular formula is C21H32N2O4. The van der Waals surface area contributed by atoms with Gasteiger partial charge in [0.05, 0.1) is 6.10 Å². The summed E-state index contributed by atoms with van der Waals surface area (Å²) < 4.78 is 11.1. The van der Waals surface area contributed by atoms with Gasteiger partial charge in [0.2, 0.25) is 5.91 Å². The van der Waals surface area contributed by atoms with E-state index >= 15 is 0 Å². The Morgan fingerprint density at radius 1 is 1.26 bits per heavy atom. The van der Waals surface area contributed by atoms with E-state index in [1.165, 1.54) is 6.42 Å². The highest BCUT2D eigenvalue weighted by atomic mass is 16.6. The Kier molecular flexibility index (Phi) is 7.66. The molecule has 2 amide bonds. The van der Waals surface area contributed by atoms with Crippen LogP contribution in [-0.2, 0) is 14.3 Å². The zero-order valence-corrected chi connectivity index (χ0v) is 16.9. The first-order valence-corrected chi connectivity index (χ1v) is 9.67. The number of carbonyl (C=O) groups is 2. The van der Waals surface area contributed by atoms with Crippen molar-refractivity contribution in [3.63, 3.8) is 0 Å². The number of hydrogen-bond acceptors (Lipinski definition) is 4. The molecule has 0 spiro atoms. The van der Waals surface area contributed by atoms with Crippen LogP contribution in [0.5, 0.6) is 0 Å². The van der Waals surface area contributed by atoms with Gasteiger partial charge in [-0.2, -0.15) is 0 Å². The molecule has 6 nitrogen and oxygen atoms in total. The molecule has 1 heterocycles. The van der Waals surface area contributed by atoms with Gasteiger partial charge in [-0.05, 0) is 52.0 Å². The topological polar surface area (TPSA) is 67.9 Å². The van der Waals surface area contributed by atoms with Crippen LogP contribution in [-0.4, -0.2) is 48.8 Å². The number of nitrogens with zero attached hydrogens (tertiary/aromatic N) is 1. The van der Waals surface area contributed by atoms with Crippen molar-refractivity contribution in [1.82, 2.24) is 10.2 Å². The quantitative estimate of drug-likeness (QED) is 0.822. The second kappa shape index (κ2) is 9.74. The molecule has 27 heavy (non-hydrogen) atoms. The van der Waals surface area contributed by atoms with Crippen molar-refractivity contribution in [1.29, 1.82) is 0 Å². The molecule has 2 unspecified atom stereocenters. The molecular weight excluding hydrogens is 344 g/mol. The van der Waals surface area contributed by atoms with Gasteiger partial charge in [0.25, 0.3) is 0 Å². The Bertz CT molecular complexity index is 606. The molecule has 0 radical (unpaired) electrons. The number of nitrogens with one attached hydrogen (secondary N) is 1. The van der Waals surface area contributed by atoms with Gasteiger partial charge in [-0.1, -0.05) is 30.3 Å². The third-order valence-electron chi connectivity index (χ3n) is 4.48. The summed E-state index contributed by atoms with van der Waals surface area (Å²) in [5.41, 5.74) is 0.104. The van der Waals surface area contributed by atoms with E-state index in [4.69, 9.17) is 9.47 Å². The number of likely N-dealkylation sites (N-methyl/N-ethyl adjacent to an activating group) is 1. The number of hydrogen-bond donors (Lipinski definition) is 1. The number of alkyl carbamates (subject to hydrolysis) is 1. The number of carbonyl (C=O) groups excluding carboxylic acids is 2. The van der Waals surface area contributed by atoms with Gasteiger partial charge >= 0.3 is 6.09 Å². The molecule has 0 saturated carbocycles. The van der Waals surface area contributed by atoms with Gasteiger partial charge in [-0.3, -0.25) is 4.79 Å². The van der Waals surface area contributed by atoms with Crippen molar-refractivity contribution in [2.24, 2.45) is 0 Å². The van der Waals surface area contributed by atoms with Gasteiger partial charge in [0.1, 0.15) is 11.6 Å². The maximum atomic E-state index is 13.0. The number of rotatable bonds is 6. The van der Waals surface area contributed by atoms with Crippen molar-refractivity contribution in [3.8, 4) is 0 Å². The van der Waals surface area contributed by atoms with Crippen molar-refractivity contribution >= 4 is 12.0 Å². The summed E-state index contributed by atoms with van der Waals surface area (Å²) in [7, 11) is 1.76. The zero-order valence-electron chi connectivity index (χ0n) is 16.9. The molecule has 1 aromatic rings. The lowest BCUT2D eigenvalue weighted by atomic mass is 10.0. The van der Waals surface area contributed by atoms with E-state index in [1.54, 1.807) is 32.7 Å². The fraction of sp³-hybridized carbons (Fsp3) is 0.619. The molecule has 2 atom stereocenters. The lowest BCUT2D eigenvalue weighted by Gasteiger charge is -2.28. The molecule has 1 aliphatic rings. The molecule has 2 rings (SSSR count). The van der Waals surface area contributed by atoms with Crippen LogP contribution in [0.3, 0.4) is 0 Å². The highest BCUT2D eigenvalue weighted by molar-refractivity contribution is 5.86. The Morgan fingerprint density at radius 2 is 1.96 bits per heavy atom. The van der Waals surface area contributed by atoms with Crippen LogP contribution < -0.4 is 5.32 Å². The van der Waals surface area contributed by atoms with Crippen LogP contribution in [0.1, 0.15) is 58.1 Å². The highest BCUT2D eigenvalue weighted by Crippen LogP contribution is 2.19. The first-order chi connectivity index (χ1) is 12.8. The summed E-state index contributed by atoms with van der Waals surface area (Å²) in [5.74, 6) is -0.164. The van der Waals surface area contributed by atoms with Crippen LogP contribution in [0.25, 0.3) is 0 Å². The van der Waals surface area contributed by atoms with Crippen molar-refractivity contribution in [2.45, 2.75) is 64.2 Å². The molecule has 1 saturated heterocycles. The summed E-state index contributed by atoms with van der Waals surface area (Å²) in [5, 5.41) is 2.72. The van der Waals surface area contributed by atoms with Gasteiger partial charge in [0, 0.05) is 20.2 Å². The Morgan fingerprint density at radius 3 is 2.56 bits per heavy atom. The molecule has 1 aliphatic heterocycles. The summed E-state index contributed by atoms with van der Waals surface area (Å²) >= 11 is 0. The summed E-state index contributed by atoms with van der Waals surface area (Å²) in [6.07, 6.45) is 3.74. The standard InChI is InChI=1S/C21H32N2O4/c1-21(2,3)27-20(25)22-18(16-10-6-5-7-11-16)19(24)23(4)14-13-17-12-8-9-15-26-17/h5-7,10-11,17-18H,8-9,12-15H2,1-4H3,(H,22,25). The third kappa shape index (κ3) is 7.21. The molecule has 0 aromatic heterocycles. The lowest BCUT2D eigenvalue weighted by molar-refractivity contribution is -0.132. The molecule has 1 N–H and O–H groups in total. The van der Waals surface area contributed by atoms with Gasteiger partial charge in [-0.25, -0.2) is 4.79 Å². The SMILES string of the molecule is CN(CCC1CCCCO1)C(=O)C(NC(=O)OC(C)(C)C)c1ccccc1. The van der Waals surface area contributed by atoms with E-state index in [-0.39, 0.29) is 12.0 Å². The minimum atomic E-state index is -0.779. The predicted octanol–water partition coefficient (Wildman–Crippen LogP) is 3.67. The van der Waals surface area contributed by atoms with Gasteiger partial charge in [-0.15, -0.1) is 0 Å². The van der Waals surface area contributed by atoms with E-state index < -0.39 is 17.7 Å². The Hall–Kier alpha value is -2.08. The van der Waals surface area contributed by atoms with Crippen LogP contribution >= 0.6 is 0 Å². The molecule has 150 valence electrons. The normalized spacial score (nSPS) is 18.4. The summed E-state index contributed by atoms with van der Waals surface area (Å²) in [4.78, 5) is 26.9. The number of amides is 2. The van der Waals surface area contributed by atoms with Crippen molar-refractivity contribution in [2.75, 3.05) is 20.2 Å². The van der Waals surface area contributed by atoms with Gasteiger partial charge in [0.15, 0.2) is 0 Å². The van der Waals surface area contributed by atoms with Crippen molar-refractivity contribution in [3.05, 3.63) is 35.9 Å². The number of ether oxygens (including phenoxy) is 2. The molecule has 1 fully saturated rings. The fourth-order valence-electron chi connectivity index (χ4n) is 3.06. The smallest absolute Gasteiger partial charge is 0.408 e. The monoisotopic (exact) mass is 376 g/mol. The lowest BCUT2D eigenvalue weighted by Crippen LogP contribution is -2.44. The zero-order chi connectivity index (χ0) is 19.9. The molecule has 1 aromatic carbocycles. The molecule has 0 aliphatic carbocycles. The van der Waals surface area contributed by atoms with E-state index in [1.807, 2.05) is 30.3 Å². The van der Waals surface area contributed by atoms with E-state index in [9.17, 15) is 9.59 Å². The van der Waals surface area contributed by atoms with Crippen molar-refractivity contribution < 1.29 is 19.1 Å². The molecule has 6 heteroatoms. The maximum absolute atomic E-state index is 13.0. The minimum absolute atomic E-state index is 0.164. The number of benzene rings is 1. The largest absolute Gasteiger partial charge is 0.444 e. The van der Waals surface area contributed by atoms with Crippen LogP contribution in [0.2, 0.25) is 0 Å². The summed E-state index contributed by atoms with van der Waals surface area (Å²) in [6.45, 7) is 6.77. The second-order valence-electron chi connectivity index (χ2n) is 8.03. The van der Waals surface area contributed by atoms with E-state index in [2.05, 4.69) is 5.32 Å². The summed E-state index contributed by atoms with van der Waals surface area (Å²) in [6, 6.07) is 8.46. The predicted molar refractivity (Wildman–Crippen MR) is 104 cm³/mol. The van der Waals surface area contributed by atoms with Crippen LogP contribution in [0.15, 0.2) is 30.3 Å². The maximum Gasteiger partial charge on any atom is 0.408 e. The van der Waals surface area contributed by atoms with Crippen LogP contribution in [0.4, 0.5) is 4.79 Å². The van der Waals surface area contributed by atoms with E-state index in [0.717, 1.165) is 31.4 Å². The minimum Gasteiger partial charge on any atom is -0.444 e. The second-order valence-corrected chi connectivity index (χ2v) is 8.03. The highest BCUT2D eigenvalue weighted by Gasteiger charge is 2.28. The average Bonchev–Trinajstić information content (AvgIpc) is 2.64. The first-order valence-electron chi connectivity index (χ1n) is 9.67. The average molecular weight is 376 g/mol. The Labute approximate surface area is 162 Å². The molecule has 0 bridgehead atoms. The Balaban J connectivity index is 2.02. The third-order valence-corrected chi connectivity index (χ3v) is 4.48.